The molecule has 3 amide bonds. The molecular formula is C33H42N4O9. The number of nitrogens with one attached hydrogen (secondary N) is 2. The average Bonchev–Trinajstić information content (AvgIpc) is 3.53. The van der Waals surface area contributed by atoms with Crippen molar-refractivity contribution in [3.8, 4) is 11.6 Å². The molecular weight excluding hydrogens is 596 g/mol. The standard InChI is InChI=1S/C33H42N4O9/c1-6-44-30(40)33-18-21(33)8-7-14-43-15-12-25(35-31(41)46-32(2,3)4)29(39)37-19-23(17-26(37)27(38)36-33)45-28-24-10-9-22(42-5)16-20(24)11-13-34-28/h7-11,13,16,21,23,25-26H,6,12,14-15,17-19H2,1-5H3,(H,35,41)(H,36,38)/t21?,23-,25+,26+,33-/m1/s1. The summed E-state index contributed by atoms with van der Waals surface area (Å²) < 4.78 is 28.2. The summed E-state index contributed by atoms with van der Waals surface area (Å²) in [5.74, 6) is -0.798. The molecule has 1 saturated carbocycles. The third-order valence-corrected chi connectivity index (χ3v) is 8.18. The van der Waals surface area contributed by atoms with Crippen LogP contribution in [0.25, 0.3) is 10.8 Å². The monoisotopic (exact) mass is 638 g/mol. The van der Waals surface area contributed by atoms with Crippen molar-refractivity contribution in [2.45, 2.75) is 76.3 Å². The van der Waals surface area contributed by atoms with E-state index in [0.29, 0.717) is 18.1 Å². The van der Waals surface area contributed by atoms with E-state index in [1.54, 1.807) is 53.1 Å². The minimum atomic E-state index is -1.24. The molecule has 2 aliphatic heterocycles. The zero-order valence-electron chi connectivity index (χ0n) is 26.9. The number of nitrogens with zero attached hydrogens (tertiary/aromatic N) is 2. The Labute approximate surface area is 267 Å². The Balaban J connectivity index is 1.45. The maximum absolute atomic E-state index is 14.2. The Hall–Kier alpha value is -4.39. The number of aromatic nitrogens is 1. The smallest absolute Gasteiger partial charge is 0.408 e. The number of hydrogen-bond acceptors (Lipinski definition) is 10. The summed E-state index contributed by atoms with van der Waals surface area (Å²) in [4.78, 5) is 59.8. The summed E-state index contributed by atoms with van der Waals surface area (Å²) in [7, 11) is 1.59. The van der Waals surface area contributed by atoms with Gasteiger partial charge in [-0.3, -0.25) is 9.59 Å². The molecule has 1 aromatic carbocycles. The van der Waals surface area contributed by atoms with Crippen molar-refractivity contribution in [2.24, 2.45) is 5.92 Å². The van der Waals surface area contributed by atoms with Gasteiger partial charge < -0.3 is 39.2 Å². The number of alkyl carbamates (subject to hydrolysis) is 1. The van der Waals surface area contributed by atoms with Gasteiger partial charge in [0.2, 0.25) is 17.7 Å². The van der Waals surface area contributed by atoms with Gasteiger partial charge in [0.1, 0.15) is 35.1 Å². The molecule has 13 heteroatoms. The molecule has 248 valence electrons. The molecule has 46 heavy (non-hydrogen) atoms. The molecule has 0 spiro atoms. The molecule has 1 saturated heterocycles. The van der Waals surface area contributed by atoms with Crippen molar-refractivity contribution in [1.29, 1.82) is 0 Å². The second kappa shape index (κ2) is 13.5. The fourth-order valence-corrected chi connectivity index (χ4v) is 5.87. The molecule has 0 radical (unpaired) electrons. The molecule has 1 aliphatic carbocycles. The van der Waals surface area contributed by atoms with Crippen molar-refractivity contribution < 1.29 is 42.9 Å². The zero-order chi connectivity index (χ0) is 33.1. The van der Waals surface area contributed by atoms with Crippen LogP contribution < -0.4 is 20.1 Å². The number of rotatable bonds is 6. The van der Waals surface area contributed by atoms with Crippen molar-refractivity contribution in [1.82, 2.24) is 20.5 Å². The van der Waals surface area contributed by atoms with Crippen molar-refractivity contribution in [2.75, 3.05) is 33.5 Å². The van der Waals surface area contributed by atoms with Crippen LogP contribution in [0.3, 0.4) is 0 Å². The van der Waals surface area contributed by atoms with E-state index >= 15 is 0 Å². The minimum Gasteiger partial charge on any atom is -0.497 e. The summed E-state index contributed by atoms with van der Waals surface area (Å²) in [5, 5.41) is 7.17. The average molecular weight is 639 g/mol. The van der Waals surface area contributed by atoms with Crippen molar-refractivity contribution >= 4 is 34.6 Å². The largest absolute Gasteiger partial charge is 0.497 e. The lowest BCUT2D eigenvalue weighted by atomic mass is 10.1. The number of fused-ring (bicyclic) bond motifs is 3. The first-order valence-corrected chi connectivity index (χ1v) is 15.6. The second-order valence-electron chi connectivity index (χ2n) is 12.7. The van der Waals surface area contributed by atoms with E-state index in [4.69, 9.17) is 23.7 Å². The third kappa shape index (κ3) is 7.35. The van der Waals surface area contributed by atoms with Gasteiger partial charge in [0.05, 0.1) is 26.9 Å². The molecule has 2 N–H and O–H groups in total. The van der Waals surface area contributed by atoms with Crippen LogP contribution >= 0.6 is 0 Å². The van der Waals surface area contributed by atoms with Crippen LogP contribution in [0.2, 0.25) is 0 Å². The second-order valence-corrected chi connectivity index (χ2v) is 12.7. The Morgan fingerprint density at radius 3 is 2.76 bits per heavy atom. The fraction of sp³-hybridized carbons (Fsp3) is 0.545. The van der Waals surface area contributed by atoms with Gasteiger partial charge in [-0.25, -0.2) is 14.6 Å². The Morgan fingerprint density at radius 1 is 1.22 bits per heavy atom. The maximum Gasteiger partial charge on any atom is 0.408 e. The van der Waals surface area contributed by atoms with E-state index in [1.807, 2.05) is 24.3 Å². The highest BCUT2D eigenvalue weighted by Crippen LogP contribution is 2.46. The zero-order valence-corrected chi connectivity index (χ0v) is 26.9. The fourth-order valence-electron chi connectivity index (χ4n) is 5.87. The van der Waals surface area contributed by atoms with Gasteiger partial charge in [-0.15, -0.1) is 0 Å². The van der Waals surface area contributed by atoms with E-state index < -0.39 is 53.2 Å². The van der Waals surface area contributed by atoms with E-state index in [9.17, 15) is 19.2 Å². The van der Waals surface area contributed by atoms with E-state index in [1.165, 1.54) is 4.90 Å². The molecule has 2 aromatic rings. The van der Waals surface area contributed by atoms with Crippen LogP contribution in [0.4, 0.5) is 4.79 Å². The quantitative estimate of drug-likeness (QED) is 0.357. The lowest BCUT2D eigenvalue weighted by Crippen LogP contribution is -2.57. The molecule has 5 atom stereocenters. The number of esters is 1. The van der Waals surface area contributed by atoms with Gasteiger partial charge in [-0.05, 0) is 63.8 Å². The maximum atomic E-state index is 14.2. The highest BCUT2D eigenvalue weighted by Gasteiger charge is 2.62. The van der Waals surface area contributed by atoms with E-state index in [2.05, 4.69) is 15.6 Å². The lowest BCUT2D eigenvalue weighted by Gasteiger charge is -2.30. The van der Waals surface area contributed by atoms with Crippen LogP contribution in [0, 0.1) is 5.92 Å². The van der Waals surface area contributed by atoms with Crippen LogP contribution in [-0.4, -0.2) is 96.6 Å². The number of ether oxygens (including phenoxy) is 5. The summed E-state index contributed by atoms with van der Waals surface area (Å²) >= 11 is 0. The molecule has 13 nitrogen and oxygen atoms in total. The number of methoxy groups -OCH3 is 1. The predicted octanol–water partition coefficient (Wildman–Crippen LogP) is 2.90. The molecule has 0 bridgehead atoms. The van der Waals surface area contributed by atoms with Gasteiger partial charge in [0.15, 0.2) is 0 Å². The Morgan fingerprint density at radius 2 is 2.02 bits per heavy atom. The van der Waals surface area contributed by atoms with Gasteiger partial charge in [-0.2, -0.15) is 0 Å². The van der Waals surface area contributed by atoms with Gasteiger partial charge in [0.25, 0.3) is 0 Å². The first-order chi connectivity index (χ1) is 21.9. The summed E-state index contributed by atoms with van der Waals surface area (Å²) in [5.41, 5.74) is -2.03. The predicted molar refractivity (Wildman–Crippen MR) is 166 cm³/mol. The first-order valence-electron chi connectivity index (χ1n) is 15.6. The Kier molecular flexibility index (Phi) is 9.71. The van der Waals surface area contributed by atoms with Crippen LogP contribution in [0.1, 0.15) is 47.0 Å². The summed E-state index contributed by atoms with van der Waals surface area (Å²) in [6.45, 7) is 7.44. The third-order valence-electron chi connectivity index (χ3n) is 8.18. The van der Waals surface area contributed by atoms with Gasteiger partial charge >= 0.3 is 12.1 Å². The number of carbonyl (C=O) groups excluding carboxylic acids is 4. The normalized spacial score (nSPS) is 26.7. The topological polar surface area (TPSA) is 155 Å². The summed E-state index contributed by atoms with van der Waals surface area (Å²) in [6, 6.07) is 5.28. The highest BCUT2D eigenvalue weighted by molar-refractivity contribution is 5.96. The number of hydrogen-bond donors (Lipinski definition) is 2. The van der Waals surface area contributed by atoms with E-state index in [-0.39, 0.29) is 45.1 Å². The van der Waals surface area contributed by atoms with Gasteiger partial charge in [0, 0.05) is 36.9 Å². The van der Waals surface area contributed by atoms with E-state index in [0.717, 1.165) is 10.8 Å². The first kappa shape index (κ1) is 33.0. The van der Waals surface area contributed by atoms with Crippen LogP contribution in [-0.2, 0) is 28.6 Å². The molecule has 3 aliphatic rings. The molecule has 1 aromatic heterocycles. The minimum absolute atomic E-state index is 0.0359. The number of benzene rings is 1. The van der Waals surface area contributed by atoms with Crippen LogP contribution in [0.15, 0.2) is 42.6 Å². The highest BCUT2D eigenvalue weighted by atomic mass is 16.6. The van der Waals surface area contributed by atoms with Gasteiger partial charge in [-0.1, -0.05) is 12.2 Å². The van der Waals surface area contributed by atoms with Crippen LogP contribution in [0.5, 0.6) is 11.6 Å². The molecule has 1 unspecified atom stereocenters. The van der Waals surface area contributed by atoms with Crippen molar-refractivity contribution in [3.05, 3.63) is 42.6 Å². The number of pyridine rings is 1. The van der Waals surface area contributed by atoms with Crippen molar-refractivity contribution in [3.63, 3.8) is 0 Å². The summed E-state index contributed by atoms with van der Waals surface area (Å²) in [6.07, 6.45) is 4.47. The molecule has 3 heterocycles. The molecule has 5 rings (SSSR count). The Bertz CT molecular complexity index is 1510. The molecule has 2 fully saturated rings. The number of carbonyl (C=O) groups is 4. The SMILES string of the molecule is CCOC(=O)[C@@]12CC1C=CCOCC[C@H](NC(=O)OC(C)(C)C)C(=O)N1C[C@H](Oc3nccc4cc(OC)ccc34)C[C@H]1C(=O)N2. The number of amides is 3. The lowest BCUT2D eigenvalue weighted by molar-refractivity contribution is -0.150.